The maximum absolute atomic E-state index is 12.9. The second kappa shape index (κ2) is 13.9. The molecular weight excluding hydrogens is 638 g/mol. The number of carbonyl (C=O) groups excluding carboxylic acids is 3. The molecule has 254 valence electrons. The lowest BCUT2D eigenvalue weighted by Gasteiger charge is -2.46. The molecule has 0 fully saturated rings. The van der Waals surface area contributed by atoms with Crippen LogP contribution in [-0.2, 0) is 26.2 Å². The van der Waals surface area contributed by atoms with E-state index in [2.05, 4.69) is 16.9 Å². The molecule has 2 aliphatic rings. The van der Waals surface area contributed by atoms with E-state index < -0.39 is 28.9 Å². The van der Waals surface area contributed by atoms with Crippen LogP contribution in [0.25, 0.3) is 16.7 Å². The Kier molecular flexibility index (Phi) is 9.44. The molecule has 0 saturated carbocycles. The van der Waals surface area contributed by atoms with Gasteiger partial charge in [-0.05, 0) is 76.7 Å². The van der Waals surface area contributed by atoms with Crippen molar-refractivity contribution in [1.29, 1.82) is 0 Å². The maximum atomic E-state index is 12.9. The summed E-state index contributed by atoms with van der Waals surface area (Å²) in [6.07, 6.45) is 10.3. The molecule has 0 amide bonds. The fraction of sp³-hybridized carbons (Fsp3) is 0.250. The summed E-state index contributed by atoms with van der Waals surface area (Å²) in [6, 6.07) is 19.9. The highest BCUT2D eigenvalue weighted by Gasteiger charge is 2.53. The van der Waals surface area contributed by atoms with Crippen LogP contribution in [0.2, 0.25) is 0 Å². The number of methoxy groups -OCH3 is 1. The van der Waals surface area contributed by atoms with Gasteiger partial charge in [-0.25, -0.2) is 4.79 Å². The molecule has 1 aromatic heterocycles. The molecule has 0 bridgehead atoms. The number of ether oxygens (including phenoxy) is 4. The van der Waals surface area contributed by atoms with E-state index in [0.29, 0.717) is 54.1 Å². The van der Waals surface area contributed by atoms with Crippen molar-refractivity contribution in [1.82, 2.24) is 4.90 Å². The molecule has 10 nitrogen and oxygen atoms in total. The van der Waals surface area contributed by atoms with Gasteiger partial charge in [-0.3, -0.25) is 19.3 Å². The zero-order valence-corrected chi connectivity index (χ0v) is 28.1. The van der Waals surface area contributed by atoms with E-state index in [1.54, 1.807) is 37.4 Å². The number of hydrogen-bond acceptors (Lipinski definition) is 10. The highest BCUT2D eigenvalue weighted by Crippen LogP contribution is 2.55. The Morgan fingerprint density at radius 1 is 0.900 bits per heavy atom. The first kappa shape index (κ1) is 34.0. The Balaban J connectivity index is 1.71. The van der Waals surface area contributed by atoms with Crippen molar-refractivity contribution in [2.45, 2.75) is 45.1 Å². The molecule has 2 atom stereocenters. The number of nitrogens with zero attached hydrogens (tertiary/aromatic N) is 1. The van der Waals surface area contributed by atoms with Gasteiger partial charge < -0.3 is 23.4 Å². The molecule has 4 aromatic rings. The van der Waals surface area contributed by atoms with E-state index in [-0.39, 0.29) is 17.5 Å². The van der Waals surface area contributed by atoms with Gasteiger partial charge in [-0.1, -0.05) is 30.3 Å². The molecule has 3 aromatic carbocycles. The third-order valence-electron chi connectivity index (χ3n) is 9.00. The predicted octanol–water partition coefficient (Wildman–Crippen LogP) is 5.72. The zero-order chi connectivity index (χ0) is 35.6. The van der Waals surface area contributed by atoms with Gasteiger partial charge in [0.1, 0.15) is 17.2 Å². The SMILES string of the molecule is C#CCCN1CC(c2cc(OC(C)=O)ccc2-c2ccoc(=O)c2OC(C)=O)=C[C@]2(c3cccc(OC)c3)c3c(cccc3OC(C)=O)C[C@H]12. The molecule has 50 heavy (non-hydrogen) atoms. The molecule has 10 heteroatoms. The summed E-state index contributed by atoms with van der Waals surface area (Å²) in [4.78, 5) is 51.9. The summed E-state index contributed by atoms with van der Waals surface area (Å²) in [5, 5.41) is 0. The van der Waals surface area contributed by atoms with Crippen molar-refractivity contribution in [2.75, 3.05) is 20.2 Å². The normalized spacial score (nSPS) is 17.8. The average molecular weight is 674 g/mol. The Hall–Kier alpha value is -5.92. The number of fused-ring (bicyclic) bond motifs is 3. The molecule has 1 aliphatic heterocycles. The third kappa shape index (κ3) is 6.31. The van der Waals surface area contributed by atoms with E-state index in [0.717, 1.165) is 22.3 Å². The van der Waals surface area contributed by atoms with Gasteiger partial charge in [0, 0.05) is 57.5 Å². The monoisotopic (exact) mass is 673 g/mol. The Morgan fingerprint density at radius 2 is 1.66 bits per heavy atom. The number of carbonyl (C=O) groups is 3. The van der Waals surface area contributed by atoms with Gasteiger partial charge in [-0.15, -0.1) is 12.3 Å². The second-order valence-corrected chi connectivity index (χ2v) is 12.1. The maximum Gasteiger partial charge on any atom is 0.379 e. The molecule has 0 unspecified atom stereocenters. The van der Waals surface area contributed by atoms with E-state index in [1.165, 1.54) is 27.0 Å². The van der Waals surface area contributed by atoms with Crippen molar-refractivity contribution >= 4 is 23.5 Å². The summed E-state index contributed by atoms with van der Waals surface area (Å²) in [5.41, 5.74) is 3.22. The summed E-state index contributed by atoms with van der Waals surface area (Å²) in [6.45, 7) is 4.83. The molecular formula is C40H35NO9. The summed E-state index contributed by atoms with van der Waals surface area (Å²) in [7, 11) is 1.60. The zero-order valence-electron chi connectivity index (χ0n) is 28.1. The molecule has 6 rings (SSSR count). The molecule has 2 heterocycles. The lowest BCUT2D eigenvalue weighted by atomic mass is 9.68. The van der Waals surface area contributed by atoms with Crippen LogP contribution in [0.1, 0.15) is 49.4 Å². The summed E-state index contributed by atoms with van der Waals surface area (Å²) < 4.78 is 27.6. The lowest BCUT2D eigenvalue weighted by molar-refractivity contribution is -0.133. The van der Waals surface area contributed by atoms with Gasteiger partial charge in [0.15, 0.2) is 0 Å². The van der Waals surface area contributed by atoms with Gasteiger partial charge >= 0.3 is 23.5 Å². The van der Waals surface area contributed by atoms with Crippen LogP contribution in [0.3, 0.4) is 0 Å². The largest absolute Gasteiger partial charge is 0.497 e. The van der Waals surface area contributed by atoms with Crippen molar-refractivity contribution in [3.8, 4) is 46.5 Å². The quantitative estimate of drug-likeness (QED) is 0.124. The number of hydrogen-bond donors (Lipinski definition) is 0. The fourth-order valence-electron chi connectivity index (χ4n) is 7.24. The van der Waals surface area contributed by atoms with Gasteiger partial charge in [0.05, 0.1) is 18.8 Å². The highest BCUT2D eigenvalue weighted by molar-refractivity contribution is 5.88. The number of esters is 3. The molecule has 0 N–H and O–H groups in total. The van der Waals surface area contributed by atoms with Crippen LogP contribution in [0.5, 0.6) is 23.0 Å². The first-order chi connectivity index (χ1) is 24.0. The third-order valence-corrected chi connectivity index (χ3v) is 9.00. The van der Waals surface area contributed by atoms with Crippen molar-refractivity contribution < 1.29 is 37.7 Å². The Bertz CT molecular complexity index is 2140. The molecule has 0 radical (unpaired) electrons. The van der Waals surface area contributed by atoms with Crippen molar-refractivity contribution in [3.63, 3.8) is 0 Å². The number of benzene rings is 3. The second-order valence-electron chi connectivity index (χ2n) is 12.1. The fourth-order valence-corrected chi connectivity index (χ4v) is 7.24. The lowest BCUT2D eigenvalue weighted by Crippen LogP contribution is -2.52. The van der Waals surface area contributed by atoms with Crippen molar-refractivity contribution in [2.24, 2.45) is 0 Å². The van der Waals surface area contributed by atoms with Gasteiger partial charge in [-0.2, -0.15) is 0 Å². The van der Waals surface area contributed by atoms with Crippen LogP contribution >= 0.6 is 0 Å². The number of terminal acetylenes is 1. The van der Waals surface area contributed by atoms with Crippen LogP contribution in [0, 0.1) is 12.3 Å². The summed E-state index contributed by atoms with van der Waals surface area (Å²) in [5.74, 6) is 2.19. The Labute approximate surface area is 289 Å². The minimum absolute atomic E-state index is 0.154. The predicted molar refractivity (Wildman–Crippen MR) is 185 cm³/mol. The topological polar surface area (TPSA) is 122 Å². The first-order valence-electron chi connectivity index (χ1n) is 16.0. The van der Waals surface area contributed by atoms with Crippen molar-refractivity contribution in [3.05, 3.63) is 112 Å². The Morgan fingerprint density at radius 3 is 2.38 bits per heavy atom. The minimum atomic E-state index is -0.902. The van der Waals surface area contributed by atoms with E-state index in [9.17, 15) is 19.2 Å². The van der Waals surface area contributed by atoms with E-state index in [1.807, 2.05) is 36.4 Å². The number of rotatable bonds is 9. The van der Waals surface area contributed by atoms with E-state index in [4.69, 9.17) is 29.8 Å². The van der Waals surface area contributed by atoms with Gasteiger partial charge in [0.25, 0.3) is 0 Å². The highest BCUT2D eigenvalue weighted by atomic mass is 16.5. The molecule has 1 aliphatic carbocycles. The van der Waals surface area contributed by atoms with Crippen LogP contribution < -0.4 is 24.6 Å². The van der Waals surface area contributed by atoms with Gasteiger partial charge in [0.2, 0.25) is 5.75 Å². The average Bonchev–Trinajstić information content (AvgIpc) is 3.44. The summed E-state index contributed by atoms with van der Waals surface area (Å²) >= 11 is 0. The van der Waals surface area contributed by atoms with Crippen LogP contribution in [-0.4, -0.2) is 49.0 Å². The first-order valence-corrected chi connectivity index (χ1v) is 16.0. The van der Waals surface area contributed by atoms with Crippen LogP contribution in [0.4, 0.5) is 0 Å². The minimum Gasteiger partial charge on any atom is -0.497 e. The standard InChI is InChI=1S/C40H35NO9/c1-6-7-17-41-23-28(34-21-31(48-24(2)42)14-15-32(34)33-16-18-47-39(45)38(33)50-26(4)44)22-40(29-11-9-12-30(20-29)46-5)36(41)19-27-10-8-13-35(37(27)40)49-25(3)43/h1,8-16,18,20-22,36H,7,17,19,23H2,2-5H3/t36-,40+/m0/s1. The van der Waals surface area contributed by atoms with E-state index >= 15 is 0 Å². The molecule has 0 spiro atoms. The van der Waals surface area contributed by atoms with Crippen LogP contribution in [0.15, 0.2) is 88.3 Å². The smallest absolute Gasteiger partial charge is 0.379 e. The molecule has 0 saturated heterocycles.